The Labute approximate surface area is 117 Å². The summed E-state index contributed by atoms with van der Waals surface area (Å²) >= 11 is 0. The van der Waals surface area contributed by atoms with Crippen LogP contribution >= 0.6 is 0 Å². The van der Waals surface area contributed by atoms with Crippen LogP contribution in [0.5, 0.6) is 5.75 Å². The predicted octanol–water partition coefficient (Wildman–Crippen LogP) is 1.92. The molecule has 0 saturated carbocycles. The van der Waals surface area contributed by atoms with E-state index in [2.05, 4.69) is 5.32 Å². The van der Waals surface area contributed by atoms with Crippen LogP contribution in [0.1, 0.15) is 20.8 Å². The number of methoxy groups -OCH3 is 1. The maximum atomic E-state index is 12.0. The Hall–Kier alpha value is -2.15. The fourth-order valence-electron chi connectivity index (χ4n) is 1.51. The summed E-state index contributed by atoms with van der Waals surface area (Å²) in [5.74, 6) is -0.0821. The number of ether oxygens (including phenoxy) is 1. The van der Waals surface area contributed by atoms with E-state index in [0.717, 1.165) is 0 Å². The third-order valence-corrected chi connectivity index (χ3v) is 2.87. The largest absolute Gasteiger partial charge is 0.495 e. The van der Waals surface area contributed by atoms with E-state index in [9.17, 15) is 14.9 Å². The van der Waals surface area contributed by atoms with Gasteiger partial charge in [0.2, 0.25) is 5.91 Å². The number of rotatable bonds is 4. The highest BCUT2D eigenvalue weighted by molar-refractivity contribution is 5.96. The molecule has 20 heavy (non-hydrogen) atoms. The Morgan fingerprint density at radius 1 is 1.45 bits per heavy atom. The number of nitrogens with one attached hydrogen (secondary N) is 1. The normalized spacial score (nSPS) is 12.7. The van der Waals surface area contributed by atoms with Crippen molar-refractivity contribution in [2.24, 2.45) is 11.1 Å². The van der Waals surface area contributed by atoms with E-state index >= 15 is 0 Å². The maximum absolute atomic E-state index is 12.0. The summed E-state index contributed by atoms with van der Waals surface area (Å²) in [6.07, 6.45) is 0. The van der Waals surface area contributed by atoms with Gasteiger partial charge in [0, 0.05) is 12.1 Å². The summed E-state index contributed by atoms with van der Waals surface area (Å²) in [6.45, 7) is 5.51. The number of nitrogens with zero attached hydrogens (tertiary/aromatic N) is 1. The summed E-state index contributed by atoms with van der Waals surface area (Å²) in [5, 5.41) is 13.3. The highest BCUT2D eigenvalue weighted by atomic mass is 16.6. The van der Waals surface area contributed by atoms with Gasteiger partial charge in [-0.1, -0.05) is 20.8 Å². The number of nitrogens with two attached hydrogens (primary N) is 1. The number of hydrogen-bond donors (Lipinski definition) is 2. The van der Waals surface area contributed by atoms with Crippen LogP contribution in [0.2, 0.25) is 0 Å². The van der Waals surface area contributed by atoms with Gasteiger partial charge in [-0.05, 0) is 11.5 Å². The average Bonchev–Trinajstić information content (AvgIpc) is 2.36. The second-order valence-electron chi connectivity index (χ2n) is 5.47. The Kier molecular flexibility index (Phi) is 4.67. The van der Waals surface area contributed by atoms with Crippen LogP contribution in [0.4, 0.5) is 11.4 Å². The topological polar surface area (TPSA) is 107 Å². The molecule has 1 unspecified atom stereocenters. The zero-order valence-electron chi connectivity index (χ0n) is 12.0. The minimum Gasteiger partial charge on any atom is -0.495 e. The number of anilines is 1. The Bertz CT molecular complexity index is 523. The van der Waals surface area contributed by atoms with E-state index < -0.39 is 22.3 Å². The molecule has 3 N–H and O–H groups in total. The molecule has 0 fully saturated rings. The van der Waals surface area contributed by atoms with Crippen molar-refractivity contribution in [3.05, 3.63) is 28.3 Å². The van der Waals surface area contributed by atoms with Crippen molar-refractivity contribution in [3.8, 4) is 5.75 Å². The van der Waals surface area contributed by atoms with Crippen LogP contribution in [-0.2, 0) is 4.79 Å². The van der Waals surface area contributed by atoms with Crippen LogP contribution in [0, 0.1) is 15.5 Å². The van der Waals surface area contributed by atoms with Crippen LogP contribution in [0.3, 0.4) is 0 Å². The van der Waals surface area contributed by atoms with Crippen LogP contribution in [0.15, 0.2) is 18.2 Å². The molecule has 0 heterocycles. The second kappa shape index (κ2) is 5.87. The third kappa shape index (κ3) is 3.67. The molecule has 0 aromatic heterocycles. The first-order valence-corrected chi connectivity index (χ1v) is 6.05. The van der Waals surface area contributed by atoms with E-state index in [1.807, 2.05) is 20.8 Å². The molecule has 0 aliphatic carbocycles. The summed E-state index contributed by atoms with van der Waals surface area (Å²) in [7, 11) is 1.42. The van der Waals surface area contributed by atoms with E-state index in [0.29, 0.717) is 5.75 Å². The van der Waals surface area contributed by atoms with Gasteiger partial charge in [-0.3, -0.25) is 14.9 Å². The first-order valence-electron chi connectivity index (χ1n) is 6.05. The van der Waals surface area contributed by atoms with Crippen molar-refractivity contribution in [1.82, 2.24) is 0 Å². The van der Waals surface area contributed by atoms with Gasteiger partial charge < -0.3 is 15.8 Å². The van der Waals surface area contributed by atoms with Gasteiger partial charge in [0.15, 0.2) is 0 Å². The molecule has 1 rings (SSSR count). The molecule has 0 radical (unpaired) electrons. The lowest BCUT2D eigenvalue weighted by Gasteiger charge is -2.26. The Morgan fingerprint density at radius 3 is 2.50 bits per heavy atom. The monoisotopic (exact) mass is 281 g/mol. The number of amides is 1. The lowest BCUT2D eigenvalue weighted by molar-refractivity contribution is -0.384. The zero-order chi connectivity index (χ0) is 15.5. The number of carbonyl (C=O) groups excluding carboxylic acids is 1. The van der Waals surface area contributed by atoms with Crippen molar-refractivity contribution in [2.75, 3.05) is 12.4 Å². The highest BCUT2D eigenvalue weighted by Gasteiger charge is 2.28. The standard InChI is InChI=1S/C13H19N3O4/c1-13(2,3)11(14)12(17)15-9-7-8(16(18)19)5-6-10(9)20-4/h5-7,11H,14H2,1-4H3,(H,15,17). The number of non-ortho nitro benzene ring substituents is 1. The predicted molar refractivity (Wildman–Crippen MR) is 75.7 cm³/mol. The van der Waals surface area contributed by atoms with Crippen molar-refractivity contribution in [2.45, 2.75) is 26.8 Å². The van der Waals surface area contributed by atoms with Gasteiger partial charge in [0.05, 0.1) is 23.8 Å². The highest BCUT2D eigenvalue weighted by Crippen LogP contribution is 2.29. The molecule has 0 aliphatic heterocycles. The molecule has 7 heteroatoms. The van der Waals surface area contributed by atoms with E-state index in [-0.39, 0.29) is 11.4 Å². The van der Waals surface area contributed by atoms with E-state index in [1.165, 1.54) is 25.3 Å². The smallest absolute Gasteiger partial charge is 0.271 e. The minimum atomic E-state index is -0.744. The molecule has 0 aliphatic rings. The van der Waals surface area contributed by atoms with Crippen molar-refractivity contribution >= 4 is 17.3 Å². The molecule has 110 valence electrons. The Balaban J connectivity index is 3.04. The number of nitro benzene ring substituents is 1. The molecule has 1 aromatic rings. The van der Waals surface area contributed by atoms with Crippen molar-refractivity contribution in [1.29, 1.82) is 0 Å². The molecule has 0 bridgehead atoms. The molecule has 0 spiro atoms. The van der Waals surface area contributed by atoms with E-state index in [1.54, 1.807) is 0 Å². The lowest BCUT2D eigenvalue weighted by Crippen LogP contribution is -2.45. The van der Waals surface area contributed by atoms with Gasteiger partial charge in [-0.15, -0.1) is 0 Å². The third-order valence-electron chi connectivity index (χ3n) is 2.87. The molecule has 1 aromatic carbocycles. The van der Waals surface area contributed by atoms with Gasteiger partial charge >= 0.3 is 0 Å². The first kappa shape index (κ1) is 15.9. The van der Waals surface area contributed by atoms with Crippen molar-refractivity contribution in [3.63, 3.8) is 0 Å². The van der Waals surface area contributed by atoms with Gasteiger partial charge in [0.1, 0.15) is 5.75 Å². The van der Waals surface area contributed by atoms with Gasteiger partial charge in [0.25, 0.3) is 5.69 Å². The number of nitro groups is 1. The van der Waals surface area contributed by atoms with Crippen LogP contribution in [0.25, 0.3) is 0 Å². The Morgan fingerprint density at radius 2 is 2.05 bits per heavy atom. The second-order valence-corrected chi connectivity index (χ2v) is 5.47. The molecular weight excluding hydrogens is 262 g/mol. The average molecular weight is 281 g/mol. The SMILES string of the molecule is COc1ccc([N+](=O)[O-])cc1NC(=O)C(N)C(C)(C)C. The number of benzene rings is 1. The zero-order valence-corrected chi connectivity index (χ0v) is 12.0. The minimum absolute atomic E-state index is 0.134. The van der Waals surface area contributed by atoms with E-state index in [4.69, 9.17) is 10.5 Å². The molecular formula is C13H19N3O4. The van der Waals surface area contributed by atoms with Crippen LogP contribution in [-0.4, -0.2) is 24.0 Å². The molecule has 0 saturated heterocycles. The fraction of sp³-hybridized carbons (Fsp3) is 0.462. The molecule has 1 atom stereocenters. The molecule has 1 amide bonds. The van der Waals surface area contributed by atoms with Gasteiger partial charge in [-0.25, -0.2) is 0 Å². The number of hydrogen-bond acceptors (Lipinski definition) is 5. The van der Waals surface area contributed by atoms with Crippen molar-refractivity contribution < 1.29 is 14.5 Å². The summed E-state index contributed by atoms with van der Waals surface area (Å²) in [6, 6.07) is 3.23. The quantitative estimate of drug-likeness (QED) is 0.647. The first-order chi connectivity index (χ1) is 9.16. The summed E-state index contributed by atoms with van der Waals surface area (Å²) < 4.78 is 5.07. The summed E-state index contributed by atoms with van der Waals surface area (Å²) in [5.41, 5.74) is 5.52. The molecule has 7 nitrogen and oxygen atoms in total. The summed E-state index contributed by atoms with van der Waals surface area (Å²) in [4.78, 5) is 22.3. The van der Waals surface area contributed by atoms with Gasteiger partial charge in [-0.2, -0.15) is 0 Å². The fourth-order valence-corrected chi connectivity index (χ4v) is 1.51. The lowest BCUT2D eigenvalue weighted by atomic mass is 9.87. The number of carbonyl (C=O) groups is 1. The maximum Gasteiger partial charge on any atom is 0.271 e. The van der Waals surface area contributed by atoms with Crippen LogP contribution < -0.4 is 15.8 Å².